The van der Waals surface area contributed by atoms with Gasteiger partial charge in [-0.25, -0.2) is 9.97 Å². The second-order valence-electron chi connectivity index (χ2n) is 8.93. The van der Waals surface area contributed by atoms with E-state index < -0.39 is 5.91 Å². The molecule has 0 aliphatic heterocycles. The van der Waals surface area contributed by atoms with Crippen LogP contribution in [0, 0.1) is 11.8 Å². The molecule has 0 unspecified atom stereocenters. The first kappa shape index (κ1) is 29.2. The molecule has 0 aliphatic rings. The molecule has 3 aromatic heterocycles. The number of anilines is 1. The number of pyridine rings is 2. The van der Waals surface area contributed by atoms with E-state index in [0.29, 0.717) is 47.2 Å². The van der Waals surface area contributed by atoms with Crippen LogP contribution in [0.5, 0.6) is 0 Å². The first-order chi connectivity index (χ1) is 20.3. The van der Waals surface area contributed by atoms with E-state index in [1.165, 1.54) is 6.08 Å². The summed E-state index contributed by atoms with van der Waals surface area (Å²) in [7, 11) is 0. The summed E-state index contributed by atoms with van der Waals surface area (Å²) < 4.78 is 1.65. The van der Waals surface area contributed by atoms with Crippen LogP contribution >= 0.6 is 0 Å². The van der Waals surface area contributed by atoms with Crippen molar-refractivity contribution in [1.82, 2.24) is 24.8 Å². The fourth-order valence-electron chi connectivity index (χ4n) is 4.24. The van der Waals surface area contributed by atoms with Crippen molar-refractivity contribution in [2.75, 3.05) is 12.3 Å². The number of hydrogen-bond donors (Lipinski definition) is 3. The topological polar surface area (TPSA) is 159 Å². The van der Waals surface area contributed by atoms with E-state index >= 15 is 0 Å². The monoisotopic (exact) mass is 559 g/mol. The third-order valence-electron chi connectivity index (χ3n) is 6.18. The number of amides is 2. The second-order valence-corrected chi connectivity index (χ2v) is 8.93. The van der Waals surface area contributed by atoms with E-state index in [1.807, 2.05) is 55.5 Å². The van der Waals surface area contributed by atoms with Gasteiger partial charge in [0.1, 0.15) is 17.2 Å². The number of benzene rings is 2. The zero-order valence-corrected chi connectivity index (χ0v) is 23.0. The van der Waals surface area contributed by atoms with E-state index in [0.717, 1.165) is 11.1 Å². The number of para-hydroxylation sites is 1. The number of fused-ring (bicyclic) bond motifs is 2. The lowest BCUT2D eigenvalue weighted by Gasteiger charge is -2.13. The van der Waals surface area contributed by atoms with Crippen LogP contribution in [-0.4, -0.2) is 37.9 Å². The summed E-state index contributed by atoms with van der Waals surface area (Å²) in [6, 6.07) is 18.6. The van der Waals surface area contributed by atoms with Gasteiger partial charge in [0.15, 0.2) is 0 Å². The molecule has 0 bridgehead atoms. The number of nitrogens with zero attached hydrogens (tertiary/aromatic N) is 4. The SMILES string of the molecule is C=CC(=O)NCCC#Cc1cccc2nc(CC)n(-c3ccccc3)c(=O)c12.NC(=O)c1c(N)ncc2cccnc12. The molecule has 3 heterocycles. The van der Waals surface area contributed by atoms with Crippen molar-refractivity contribution in [2.45, 2.75) is 19.8 Å². The molecule has 2 amide bonds. The summed E-state index contributed by atoms with van der Waals surface area (Å²) in [5, 5.41) is 3.93. The Morgan fingerprint density at radius 2 is 1.86 bits per heavy atom. The summed E-state index contributed by atoms with van der Waals surface area (Å²) in [4.78, 5) is 48.2. The van der Waals surface area contributed by atoms with Gasteiger partial charge in [-0.3, -0.25) is 23.9 Å². The molecule has 0 saturated heterocycles. The summed E-state index contributed by atoms with van der Waals surface area (Å²) >= 11 is 0. The first-order valence-corrected chi connectivity index (χ1v) is 13.1. The van der Waals surface area contributed by atoms with Crippen molar-refractivity contribution in [3.8, 4) is 17.5 Å². The second kappa shape index (κ2) is 13.5. The molecular weight excluding hydrogens is 530 g/mol. The Morgan fingerprint density at radius 1 is 1.07 bits per heavy atom. The lowest BCUT2D eigenvalue weighted by molar-refractivity contribution is -0.116. The molecule has 5 aromatic rings. The molecule has 0 fully saturated rings. The maximum absolute atomic E-state index is 13.3. The highest BCUT2D eigenvalue weighted by Crippen LogP contribution is 2.19. The average Bonchev–Trinajstić information content (AvgIpc) is 3.01. The number of nitrogen functional groups attached to an aromatic ring is 1. The Labute approximate surface area is 242 Å². The summed E-state index contributed by atoms with van der Waals surface area (Å²) in [6.07, 6.45) is 5.47. The zero-order valence-electron chi connectivity index (χ0n) is 23.0. The predicted molar refractivity (Wildman–Crippen MR) is 164 cm³/mol. The molecule has 5 rings (SSSR count). The maximum Gasteiger partial charge on any atom is 0.267 e. The Kier molecular flexibility index (Phi) is 9.37. The Morgan fingerprint density at radius 3 is 2.57 bits per heavy atom. The van der Waals surface area contributed by atoms with Crippen molar-refractivity contribution < 1.29 is 9.59 Å². The van der Waals surface area contributed by atoms with Gasteiger partial charge in [-0.15, -0.1) is 0 Å². The molecule has 0 saturated carbocycles. The zero-order chi connectivity index (χ0) is 30.1. The quantitative estimate of drug-likeness (QED) is 0.163. The standard InChI is InChI=1S/C23H21N3O2.C9H8N4O/c1-3-20-25-19-15-10-12-17(11-8-9-16-24-21(27)4-2)22(19)23(28)26(20)18-13-6-5-7-14-18;10-8-6(9(11)14)7-5(4-13-8)2-1-3-12-7/h4-7,10,12-15H,2-3,9,16H2,1H3,(H,24,27);1-4H,(H2,10,13)(H2,11,14). The molecule has 0 spiro atoms. The molecule has 0 aliphatic carbocycles. The smallest absolute Gasteiger partial charge is 0.267 e. The molecular formula is C32H29N7O3. The highest BCUT2D eigenvalue weighted by atomic mass is 16.2. The summed E-state index contributed by atoms with van der Waals surface area (Å²) in [5.41, 5.74) is 13.3. The summed E-state index contributed by atoms with van der Waals surface area (Å²) in [5.74, 6) is 6.05. The van der Waals surface area contributed by atoms with E-state index in [4.69, 9.17) is 16.5 Å². The molecule has 42 heavy (non-hydrogen) atoms. The molecule has 10 heteroatoms. The largest absolute Gasteiger partial charge is 0.383 e. The van der Waals surface area contributed by atoms with Crippen molar-refractivity contribution in [1.29, 1.82) is 0 Å². The van der Waals surface area contributed by atoms with E-state index in [9.17, 15) is 14.4 Å². The van der Waals surface area contributed by atoms with Crippen LogP contribution in [0.3, 0.4) is 0 Å². The maximum atomic E-state index is 13.3. The third-order valence-corrected chi connectivity index (χ3v) is 6.18. The number of aromatic nitrogens is 4. The lowest BCUT2D eigenvalue weighted by Crippen LogP contribution is -2.24. The predicted octanol–water partition coefficient (Wildman–Crippen LogP) is 3.30. The van der Waals surface area contributed by atoms with Gasteiger partial charge in [0.25, 0.3) is 11.5 Å². The Hall–Kier alpha value is -5.82. The minimum absolute atomic E-state index is 0.115. The van der Waals surface area contributed by atoms with E-state index in [-0.39, 0.29) is 22.8 Å². The van der Waals surface area contributed by atoms with Gasteiger partial charge >= 0.3 is 0 Å². The lowest BCUT2D eigenvalue weighted by atomic mass is 10.1. The molecule has 0 radical (unpaired) electrons. The van der Waals surface area contributed by atoms with Crippen LogP contribution in [0.15, 0.2) is 90.5 Å². The van der Waals surface area contributed by atoms with Gasteiger partial charge in [0, 0.05) is 42.7 Å². The van der Waals surface area contributed by atoms with Crippen molar-refractivity contribution in [3.63, 3.8) is 0 Å². The number of aryl methyl sites for hydroxylation is 1. The molecule has 5 N–H and O–H groups in total. The van der Waals surface area contributed by atoms with Crippen LogP contribution in [-0.2, 0) is 11.2 Å². The highest BCUT2D eigenvalue weighted by molar-refractivity contribution is 6.08. The van der Waals surface area contributed by atoms with Crippen LogP contribution in [0.4, 0.5) is 5.82 Å². The third kappa shape index (κ3) is 6.48. The number of carbonyl (C=O) groups excluding carboxylic acids is 2. The van der Waals surface area contributed by atoms with Crippen LogP contribution in [0.1, 0.15) is 35.1 Å². The van der Waals surface area contributed by atoms with Gasteiger partial charge in [-0.1, -0.05) is 49.6 Å². The number of hydrogen-bond acceptors (Lipinski definition) is 7. The normalized spacial score (nSPS) is 10.2. The highest BCUT2D eigenvalue weighted by Gasteiger charge is 2.14. The van der Waals surface area contributed by atoms with Crippen LogP contribution < -0.4 is 22.3 Å². The first-order valence-electron chi connectivity index (χ1n) is 13.1. The van der Waals surface area contributed by atoms with Gasteiger partial charge in [-0.2, -0.15) is 0 Å². The van der Waals surface area contributed by atoms with E-state index in [2.05, 4.69) is 33.7 Å². The van der Waals surface area contributed by atoms with Crippen molar-refractivity contribution in [2.24, 2.45) is 5.73 Å². The minimum atomic E-state index is -0.612. The van der Waals surface area contributed by atoms with Gasteiger partial charge in [-0.05, 0) is 42.5 Å². The summed E-state index contributed by atoms with van der Waals surface area (Å²) in [6.45, 7) is 5.81. The van der Waals surface area contributed by atoms with Crippen LogP contribution in [0.2, 0.25) is 0 Å². The fraction of sp³-hybridized carbons (Fsp3) is 0.125. The fourth-order valence-corrected chi connectivity index (χ4v) is 4.24. The van der Waals surface area contributed by atoms with E-state index in [1.54, 1.807) is 29.1 Å². The number of carbonyl (C=O) groups is 2. The van der Waals surface area contributed by atoms with Gasteiger partial charge in [0.05, 0.1) is 22.1 Å². The van der Waals surface area contributed by atoms with Gasteiger partial charge in [0.2, 0.25) is 5.91 Å². The van der Waals surface area contributed by atoms with Crippen molar-refractivity contribution in [3.05, 3.63) is 113 Å². The number of rotatable bonds is 6. The van der Waals surface area contributed by atoms with Gasteiger partial charge < -0.3 is 16.8 Å². The van der Waals surface area contributed by atoms with Crippen molar-refractivity contribution >= 4 is 39.4 Å². The molecule has 2 aromatic carbocycles. The molecule has 210 valence electrons. The molecule has 0 atom stereocenters. The number of primary amides is 1. The minimum Gasteiger partial charge on any atom is -0.383 e. The van der Waals surface area contributed by atoms with Crippen LogP contribution in [0.25, 0.3) is 27.5 Å². The number of nitrogens with one attached hydrogen (secondary N) is 1. The Balaban J connectivity index is 0.000000241. The Bertz CT molecular complexity index is 1910. The molecule has 10 nitrogen and oxygen atoms in total. The average molecular weight is 560 g/mol. The number of nitrogens with two attached hydrogens (primary N) is 2.